The molecule has 0 bridgehead atoms. The molecule has 1 amide bonds. The molecular formula is C16H18N2O5. The van der Waals surface area contributed by atoms with Crippen LogP contribution in [0.25, 0.3) is 0 Å². The highest BCUT2D eigenvalue weighted by molar-refractivity contribution is 5.93. The summed E-state index contributed by atoms with van der Waals surface area (Å²) in [7, 11) is 0. The summed E-state index contributed by atoms with van der Waals surface area (Å²) >= 11 is 0. The monoisotopic (exact) mass is 318 g/mol. The zero-order chi connectivity index (χ0) is 16.2. The number of ether oxygens (including phenoxy) is 2. The Kier molecular flexibility index (Phi) is 4.47. The molecule has 0 unspecified atom stereocenters. The second kappa shape index (κ2) is 6.70. The third-order valence-corrected chi connectivity index (χ3v) is 4.04. The maximum Gasteiger partial charge on any atom is 0.247 e. The number of nitrogens with zero attached hydrogens (tertiary/aromatic N) is 1. The van der Waals surface area contributed by atoms with Crippen molar-refractivity contribution in [3.05, 3.63) is 35.9 Å². The lowest BCUT2D eigenvalue weighted by molar-refractivity contribution is -0.917. The number of carboxylic acid groups (broad SMARTS) is 1. The van der Waals surface area contributed by atoms with Crippen LogP contribution in [-0.4, -0.2) is 49.7 Å². The van der Waals surface area contributed by atoms with Gasteiger partial charge in [-0.15, -0.1) is 0 Å². The molecule has 1 aromatic rings. The molecule has 2 aliphatic rings. The summed E-state index contributed by atoms with van der Waals surface area (Å²) in [5, 5.41) is 10.3. The van der Waals surface area contributed by atoms with Crippen molar-refractivity contribution in [2.75, 3.05) is 33.0 Å². The van der Waals surface area contributed by atoms with Crippen molar-refractivity contribution in [1.82, 2.24) is 4.90 Å². The molecule has 0 atom stereocenters. The summed E-state index contributed by atoms with van der Waals surface area (Å²) in [5.41, 5.74) is 1.17. The zero-order valence-corrected chi connectivity index (χ0v) is 12.6. The first-order chi connectivity index (χ1) is 11.1. The van der Waals surface area contributed by atoms with Gasteiger partial charge in [0.15, 0.2) is 11.5 Å². The van der Waals surface area contributed by atoms with Gasteiger partial charge in [-0.3, -0.25) is 4.79 Å². The van der Waals surface area contributed by atoms with Crippen molar-refractivity contribution in [3.63, 3.8) is 0 Å². The number of carbonyl (C=O) groups is 2. The predicted molar refractivity (Wildman–Crippen MR) is 77.7 cm³/mol. The first-order valence-electron chi connectivity index (χ1n) is 7.52. The first-order valence-corrected chi connectivity index (χ1v) is 7.52. The van der Waals surface area contributed by atoms with E-state index in [1.165, 1.54) is 10.5 Å². The van der Waals surface area contributed by atoms with Gasteiger partial charge in [-0.1, -0.05) is 0 Å². The van der Waals surface area contributed by atoms with Crippen molar-refractivity contribution >= 4 is 11.9 Å². The van der Waals surface area contributed by atoms with Crippen LogP contribution in [0.2, 0.25) is 0 Å². The van der Waals surface area contributed by atoms with Crippen LogP contribution < -0.4 is 19.5 Å². The Bertz CT molecular complexity index is 635. The van der Waals surface area contributed by atoms with E-state index in [1.807, 2.05) is 18.2 Å². The molecule has 0 aliphatic carbocycles. The van der Waals surface area contributed by atoms with Crippen molar-refractivity contribution in [1.29, 1.82) is 0 Å². The average Bonchev–Trinajstić information content (AvgIpc) is 3.01. The fourth-order valence-corrected chi connectivity index (χ4v) is 2.80. The van der Waals surface area contributed by atoms with E-state index in [0.717, 1.165) is 43.3 Å². The SMILES string of the molecule is O=C([O-])C=CC(=O)N1CC[NH+](Cc2ccc3c(c2)OCO3)CC1. The normalized spacial score (nSPS) is 17.7. The third kappa shape index (κ3) is 3.81. The van der Waals surface area contributed by atoms with E-state index >= 15 is 0 Å². The van der Waals surface area contributed by atoms with E-state index in [4.69, 9.17) is 9.47 Å². The Balaban J connectivity index is 1.51. The number of nitrogens with one attached hydrogen (secondary N) is 1. The lowest BCUT2D eigenvalue weighted by Gasteiger charge is -2.31. The van der Waals surface area contributed by atoms with Gasteiger partial charge in [0.25, 0.3) is 0 Å². The van der Waals surface area contributed by atoms with E-state index in [1.54, 1.807) is 4.90 Å². The maximum atomic E-state index is 11.8. The van der Waals surface area contributed by atoms with Gasteiger partial charge in [-0.25, -0.2) is 0 Å². The highest BCUT2D eigenvalue weighted by atomic mass is 16.7. The van der Waals surface area contributed by atoms with Crippen LogP contribution in [0.15, 0.2) is 30.4 Å². The number of carbonyl (C=O) groups excluding carboxylic acids is 2. The van der Waals surface area contributed by atoms with Crippen LogP contribution in [-0.2, 0) is 16.1 Å². The summed E-state index contributed by atoms with van der Waals surface area (Å²) in [4.78, 5) is 25.2. The van der Waals surface area contributed by atoms with Crippen LogP contribution in [0.3, 0.4) is 0 Å². The number of fused-ring (bicyclic) bond motifs is 1. The number of piperazine rings is 1. The summed E-state index contributed by atoms with van der Waals surface area (Å²) in [6.07, 6.45) is 1.83. The number of benzene rings is 1. The van der Waals surface area contributed by atoms with Gasteiger partial charge in [0.1, 0.15) is 6.54 Å². The van der Waals surface area contributed by atoms with Crippen LogP contribution in [0.4, 0.5) is 0 Å². The lowest BCUT2D eigenvalue weighted by Crippen LogP contribution is -3.13. The number of aliphatic carboxylic acids is 1. The molecule has 1 N–H and O–H groups in total. The third-order valence-electron chi connectivity index (χ3n) is 4.04. The summed E-state index contributed by atoms with van der Waals surface area (Å²) in [5.74, 6) is -0.0799. The van der Waals surface area contributed by atoms with E-state index in [9.17, 15) is 14.7 Å². The molecule has 7 heteroatoms. The predicted octanol–water partition coefficient (Wildman–Crippen LogP) is -2.05. The van der Waals surface area contributed by atoms with Gasteiger partial charge < -0.3 is 29.2 Å². The maximum absolute atomic E-state index is 11.8. The minimum absolute atomic E-state index is 0.270. The molecule has 0 saturated carbocycles. The van der Waals surface area contributed by atoms with Gasteiger partial charge in [0, 0.05) is 11.6 Å². The fraction of sp³-hybridized carbons (Fsp3) is 0.375. The number of rotatable bonds is 4. The molecule has 3 rings (SSSR count). The van der Waals surface area contributed by atoms with Crippen LogP contribution in [0.1, 0.15) is 5.56 Å². The molecule has 2 aliphatic heterocycles. The largest absolute Gasteiger partial charge is 0.545 e. The van der Waals surface area contributed by atoms with E-state index in [0.29, 0.717) is 13.1 Å². The number of hydrogen-bond donors (Lipinski definition) is 1. The number of carboxylic acids is 1. The van der Waals surface area contributed by atoms with Crippen molar-refractivity contribution in [2.24, 2.45) is 0 Å². The molecule has 122 valence electrons. The Morgan fingerprint density at radius 1 is 1.17 bits per heavy atom. The Labute approximate surface area is 133 Å². The molecule has 1 saturated heterocycles. The lowest BCUT2D eigenvalue weighted by atomic mass is 10.1. The Hall–Kier alpha value is -2.54. The molecule has 0 spiro atoms. The molecule has 2 heterocycles. The smallest absolute Gasteiger partial charge is 0.247 e. The quantitative estimate of drug-likeness (QED) is 0.646. The van der Waals surface area contributed by atoms with Crippen molar-refractivity contribution in [2.45, 2.75) is 6.54 Å². The number of quaternary nitrogens is 1. The van der Waals surface area contributed by atoms with Gasteiger partial charge in [0.05, 0.1) is 32.1 Å². The summed E-state index contributed by atoms with van der Waals surface area (Å²) < 4.78 is 10.7. The fourth-order valence-electron chi connectivity index (χ4n) is 2.80. The number of hydrogen-bond acceptors (Lipinski definition) is 5. The topological polar surface area (TPSA) is 83.3 Å². The van der Waals surface area contributed by atoms with Gasteiger partial charge in [-0.2, -0.15) is 0 Å². The molecule has 1 aromatic carbocycles. The van der Waals surface area contributed by atoms with Crippen molar-refractivity contribution < 1.29 is 29.1 Å². The summed E-state index contributed by atoms with van der Waals surface area (Å²) in [6, 6.07) is 5.94. The molecule has 23 heavy (non-hydrogen) atoms. The minimum Gasteiger partial charge on any atom is -0.545 e. The van der Waals surface area contributed by atoms with E-state index in [-0.39, 0.29) is 12.7 Å². The molecule has 0 radical (unpaired) electrons. The van der Waals surface area contributed by atoms with Crippen molar-refractivity contribution in [3.8, 4) is 11.5 Å². The molecule has 1 fully saturated rings. The zero-order valence-electron chi connectivity index (χ0n) is 12.6. The van der Waals surface area contributed by atoms with Gasteiger partial charge >= 0.3 is 0 Å². The van der Waals surface area contributed by atoms with Crippen LogP contribution >= 0.6 is 0 Å². The average molecular weight is 318 g/mol. The second-order valence-corrected chi connectivity index (χ2v) is 5.59. The Morgan fingerprint density at radius 2 is 1.91 bits per heavy atom. The van der Waals surface area contributed by atoms with Gasteiger partial charge in [-0.05, 0) is 24.3 Å². The minimum atomic E-state index is -1.36. The standard InChI is InChI=1S/C16H18N2O5/c19-15(3-4-16(20)21)18-7-5-17(6-8-18)10-12-1-2-13-14(9-12)23-11-22-13/h1-4,9H,5-8,10-11H2,(H,20,21). The first kappa shape index (κ1) is 15.4. The number of amides is 1. The van der Waals surface area contributed by atoms with E-state index in [2.05, 4.69) is 0 Å². The molecule has 0 aromatic heterocycles. The Morgan fingerprint density at radius 3 is 2.65 bits per heavy atom. The highest BCUT2D eigenvalue weighted by Gasteiger charge is 2.23. The summed E-state index contributed by atoms with van der Waals surface area (Å²) in [6.45, 7) is 3.98. The van der Waals surface area contributed by atoms with Crippen LogP contribution in [0, 0.1) is 0 Å². The highest BCUT2D eigenvalue weighted by Crippen LogP contribution is 2.32. The van der Waals surface area contributed by atoms with E-state index < -0.39 is 5.97 Å². The van der Waals surface area contributed by atoms with Gasteiger partial charge in [0.2, 0.25) is 12.7 Å². The van der Waals surface area contributed by atoms with Crippen LogP contribution in [0.5, 0.6) is 11.5 Å². The molecule has 7 nitrogen and oxygen atoms in total. The molecular weight excluding hydrogens is 300 g/mol. The second-order valence-electron chi connectivity index (χ2n) is 5.59.